The maximum absolute atomic E-state index is 12.6. The van der Waals surface area contributed by atoms with Crippen LogP contribution in [-0.4, -0.2) is 15.0 Å². The van der Waals surface area contributed by atoms with Gasteiger partial charge in [0.25, 0.3) is 0 Å². The van der Waals surface area contributed by atoms with E-state index in [1.165, 1.54) is 13.0 Å². The Labute approximate surface area is 102 Å². The second-order valence-electron chi connectivity index (χ2n) is 3.96. The average Bonchev–Trinajstić information content (AvgIpc) is 2.28. The van der Waals surface area contributed by atoms with Crippen molar-refractivity contribution in [2.24, 2.45) is 0 Å². The molecule has 94 valence electrons. The lowest BCUT2D eigenvalue weighted by atomic mass is 10.1. The molecule has 0 aliphatic heterocycles. The maximum Gasteiger partial charge on any atom is 0.433 e. The molecule has 3 nitrogen and oxygen atoms in total. The van der Waals surface area contributed by atoms with E-state index in [-0.39, 0.29) is 11.5 Å². The van der Waals surface area contributed by atoms with Gasteiger partial charge in [-0.3, -0.25) is 0 Å². The SMILES string of the molecule is Cc1cnc(-c2cc(C)nc(C(F)(F)F)c2)nc1. The Kier molecular flexibility index (Phi) is 3.02. The summed E-state index contributed by atoms with van der Waals surface area (Å²) in [6.45, 7) is 3.32. The minimum Gasteiger partial charge on any atom is -0.249 e. The van der Waals surface area contributed by atoms with Gasteiger partial charge in [0, 0.05) is 23.7 Å². The van der Waals surface area contributed by atoms with Crippen LogP contribution >= 0.6 is 0 Å². The Hall–Kier alpha value is -1.98. The van der Waals surface area contributed by atoms with Crippen LogP contribution in [0, 0.1) is 13.8 Å². The number of hydrogen-bond acceptors (Lipinski definition) is 3. The normalized spacial score (nSPS) is 11.6. The third-order valence-corrected chi connectivity index (χ3v) is 2.28. The Bertz CT molecular complexity index is 562. The van der Waals surface area contributed by atoms with E-state index in [2.05, 4.69) is 15.0 Å². The van der Waals surface area contributed by atoms with Crippen LogP contribution in [0.1, 0.15) is 17.0 Å². The summed E-state index contributed by atoms with van der Waals surface area (Å²) in [5.41, 5.74) is 0.515. The third kappa shape index (κ3) is 2.64. The zero-order valence-corrected chi connectivity index (χ0v) is 9.78. The summed E-state index contributed by atoms with van der Waals surface area (Å²) in [6.07, 6.45) is -1.35. The molecule has 0 fully saturated rings. The van der Waals surface area contributed by atoms with Crippen LogP contribution in [0.3, 0.4) is 0 Å². The van der Waals surface area contributed by atoms with Crippen LogP contribution in [0.15, 0.2) is 24.5 Å². The van der Waals surface area contributed by atoms with Gasteiger partial charge in [-0.05, 0) is 31.5 Å². The molecule has 2 aromatic rings. The van der Waals surface area contributed by atoms with Gasteiger partial charge in [0.05, 0.1) is 0 Å². The van der Waals surface area contributed by atoms with Gasteiger partial charge in [-0.15, -0.1) is 0 Å². The van der Waals surface area contributed by atoms with Crippen LogP contribution in [0.4, 0.5) is 13.2 Å². The van der Waals surface area contributed by atoms with Crippen molar-refractivity contribution < 1.29 is 13.2 Å². The highest BCUT2D eigenvalue weighted by atomic mass is 19.4. The Balaban J connectivity index is 2.52. The first-order chi connectivity index (χ1) is 8.36. The quantitative estimate of drug-likeness (QED) is 0.783. The molecule has 0 amide bonds. The fraction of sp³-hybridized carbons (Fsp3) is 0.250. The first-order valence-electron chi connectivity index (χ1n) is 5.21. The van der Waals surface area contributed by atoms with E-state index < -0.39 is 11.9 Å². The Morgan fingerprint density at radius 1 is 1.00 bits per heavy atom. The molecule has 0 bridgehead atoms. The van der Waals surface area contributed by atoms with Crippen molar-refractivity contribution in [1.82, 2.24) is 15.0 Å². The van der Waals surface area contributed by atoms with Crippen molar-refractivity contribution in [3.05, 3.63) is 41.5 Å². The maximum atomic E-state index is 12.6. The molecular weight excluding hydrogens is 243 g/mol. The van der Waals surface area contributed by atoms with E-state index >= 15 is 0 Å². The molecule has 0 radical (unpaired) electrons. The van der Waals surface area contributed by atoms with Crippen molar-refractivity contribution >= 4 is 0 Å². The number of pyridine rings is 1. The van der Waals surface area contributed by atoms with Crippen molar-refractivity contribution in [3.63, 3.8) is 0 Å². The molecule has 0 saturated carbocycles. The summed E-state index contributed by atoms with van der Waals surface area (Å²) in [4.78, 5) is 11.5. The summed E-state index contributed by atoms with van der Waals surface area (Å²) in [5.74, 6) is 0.261. The summed E-state index contributed by atoms with van der Waals surface area (Å²) < 4.78 is 37.9. The fourth-order valence-electron chi connectivity index (χ4n) is 1.48. The standard InChI is InChI=1S/C12H10F3N3/c1-7-5-16-11(17-6-7)9-3-8(2)18-10(4-9)12(13,14)15/h3-6H,1-2H3. The van der Waals surface area contributed by atoms with Gasteiger partial charge >= 0.3 is 6.18 Å². The second-order valence-corrected chi connectivity index (χ2v) is 3.96. The Morgan fingerprint density at radius 3 is 2.17 bits per heavy atom. The minimum absolute atomic E-state index is 0.261. The van der Waals surface area contributed by atoms with E-state index in [0.29, 0.717) is 5.56 Å². The van der Waals surface area contributed by atoms with Gasteiger partial charge in [-0.25, -0.2) is 15.0 Å². The van der Waals surface area contributed by atoms with Crippen LogP contribution < -0.4 is 0 Å². The van der Waals surface area contributed by atoms with Gasteiger partial charge in [0.1, 0.15) is 5.69 Å². The van der Waals surface area contributed by atoms with Crippen molar-refractivity contribution in [1.29, 1.82) is 0 Å². The Morgan fingerprint density at radius 2 is 1.61 bits per heavy atom. The molecule has 0 saturated heterocycles. The van der Waals surface area contributed by atoms with Crippen LogP contribution in [0.2, 0.25) is 0 Å². The topological polar surface area (TPSA) is 38.7 Å². The molecule has 0 spiro atoms. The van der Waals surface area contributed by atoms with E-state index in [1.54, 1.807) is 12.4 Å². The monoisotopic (exact) mass is 253 g/mol. The second kappa shape index (κ2) is 4.36. The van der Waals surface area contributed by atoms with Gasteiger partial charge in [-0.1, -0.05) is 0 Å². The third-order valence-electron chi connectivity index (χ3n) is 2.28. The molecule has 0 unspecified atom stereocenters. The number of aryl methyl sites for hydroxylation is 2. The number of halogens is 3. The van der Waals surface area contributed by atoms with Gasteiger partial charge < -0.3 is 0 Å². The summed E-state index contributed by atoms with van der Waals surface area (Å²) in [7, 11) is 0. The molecule has 2 rings (SSSR count). The lowest BCUT2D eigenvalue weighted by Crippen LogP contribution is -2.09. The molecule has 0 aliphatic rings. The first-order valence-corrected chi connectivity index (χ1v) is 5.21. The van der Waals surface area contributed by atoms with E-state index in [9.17, 15) is 13.2 Å². The first kappa shape index (κ1) is 12.5. The van der Waals surface area contributed by atoms with Gasteiger partial charge in [0.15, 0.2) is 5.82 Å². The summed E-state index contributed by atoms with van der Waals surface area (Å²) in [6, 6.07) is 2.48. The van der Waals surface area contributed by atoms with Crippen LogP contribution in [0.25, 0.3) is 11.4 Å². The number of rotatable bonds is 1. The van der Waals surface area contributed by atoms with E-state index in [1.807, 2.05) is 6.92 Å². The zero-order valence-electron chi connectivity index (χ0n) is 9.78. The smallest absolute Gasteiger partial charge is 0.249 e. The highest BCUT2D eigenvalue weighted by molar-refractivity contribution is 5.55. The van der Waals surface area contributed by atoms with Crippen LogP contribution in [0.5, 0.6) is 0 Å². The fourth-order valence-corrected chi connectivity index (χ4v) is 1.48. The van der Waals surface area contributed by atoms with E-state index in [0.717, 1.165) is 11.6 Å². The van der Waals surface area contributed by atoms with Gasteiger partial charge in [-0.2, -0.15) is 13.2 Å². The zero-order chi connectivity index (χ0) is 13.3. The molecule has 0 aliphatic carbocycles. The van der Waals surface area contributed by atoms with Crippen molar-refractivity contribution in [2.75, 3.05) is 0 Å². The molecule has 6 heteroatoms. The van der Waals surface area contributed by atoms with Crippen molar-refractivity contribution in [3.8, 4) is 11.4 Å². The molecule has 0 atom stereocenters. The minimum atomic E-state index is -4.47. The predicted molar refractivity (Wildman–Crippen MR) is 59.7 cm³/mol. The molecule has 2 heterocycles. The highest BCUT2D eigenvalue weighted by Crippen LogP contribution is 2.30. The molecular formula is C12H10F3N3. The number of hydrogen-bond donors (Lipinski definition) is 0. The molecule has 0 aromatic carbocycles. The lowest BCUT2D eigenvalue weighted by molar-refractivity contribution is -0.141. The number of nitrogens with zero attached hydrogens (tertiary/aromatic N) is 3. The number of aromatic nitrogens is 3. The predicted octanol–water partition coefficient (Wildman–Crippen LogP) is 3.17. The summed E-state index contributed by atoms with van der Waals surface area (Å²) >= 11 is 0. The highest BCUT2D eigenvalue weighted by Gasteiger charge is 2.33. The van der Waals surface area contributed by atoms with Crippen LogP contribution in [-0.2, 0) is 6.18 Å². The molecule has 2 aromatic heterocycles. The molecule has 0 N–H and O–H groups in total. The molecule has 18 heavy (non-hydrogen) atoms. The lowest BCUT2D eigenvalue weighted by Gasteiger charge is -2.08. The van der Waals surface area contributed by atoms with E-state index in [4.69, 9.17) is 0 Å². The van der Waals surface area contributed by atoms with Crippen molar-refractivity contribution in [2.45, 2.75) is 20.0 Å². The van der Waals surface area contributed by atoms with Gasteiger partial charge in [0.2, 0.25) is 0 Å². The average molecular weight is 253 g/mol. The summed E-state index contributed by atoms with van der Waals surface area (Å²) in [5, 5.41) is 0. The largest absolute Gasteiger partial charge is 0.433 e. The number of alkyl halides is 3.